The van der Waals surface area contributed by atoms with Crippen molar-refractivity contribution in [1.82, 2.24) is 5.32 Å². The Morgan fingerprint density at radius 1 is 1.24 bits per heavy atom. The van der Waals surface area contributed by atoms with E-state index in [-0.39, 0.29) is 17.7 Å². The van der Waals surface area contributed by atoms with Crippen LogP contribution in [-0.4, -0.2) is 6.54 Å². The molecular weight excluding hydrogens is 360 g/mol. The third-order valence-corrected chi connectivity index (χ3v) is 4.09. The van der Waals surface area contributed by atoms with Crippen molar-refractivity contribution in [2.24, 2.45) is 0 Å². The smallest absolute Gasteiger partial charge is 0.142 e. The number of nitrogens with one attached hydrogen (secondary N) is 1. The Morgan fingerprint density at radius 2 is 2.00 bits per heavy atom. The summed E-state index contributed by atoms with van der Waals surface area (Å²) in [5, 5.41) is 3.55. The molecule has 0 heterocycles. The van der Waals surface area contributed by atoms with E-state index in [9.17, 15) is 8.78 Å². The van der Waals surface area contributed by atoms with Gasteiger partial charge in [-0.05, 0) is 52.7 Å². The standard InChI is InChI=1S/C16H15BrClF2N/c1-2-21-15(12-4-3-5-13(17)16(12)20)8-10-6-7-11(18)9-14(10)19/h3-7,9,15,21H,2,8H2,1H3. The Bertz CT molecular complexity index is 634. The monoisotopic (exact) mass is 373 g/mol. The molecule has 0 fully saturated rings. The summed E-state index contributed by atoms with van der Waals surface area (Å²) >= 11 is 8.94. The molecule has 0 aliphatic rings. The van der Waals surface area contributed by atoms with E-state index < -0.39 is 0 Å². The van der Waals surface area contributed by atoms with E-state index in [1.165, 1.54) is 6.07 Å². The van der Waals surface area contributed by atoms with E-state index in [0.29, 0.717) is 33.6 Å². The van der Waals surface area contributed by atoms with Gasteiger partial charge in [0.1, 0.15) is 11.6 Å². The molecule has 2 aromatic rings. The molecular formula is C16H15BrClF2N. The molecule has 2 rings (SSSR count). The van der Waals surface area contributed by atoms with E-state index in [4.69, 9.17) is 11.6 Å². The largest absolute Gasteiger partial charge is 0.310 e. The first-order chi connectivity index (χ1) is 10.0. The third kappa shape index (κ3) is 4.02. The molecule has 1 atom stereocenters. The van der Waals surface area contributed by atoms with E-state index >= 15 is 0 Å². The maximum Gasteiger partial charge on any atom is 0.142 e. The van der Waals surface area contributed by atoms with Gasteiger partial charge in [-0.15, -0.1) is 0 Å². The average molecular weight is 375 g/mol. The van der Waals surface area contributed by atoms with Crippen LogP contribution in [0.1, 0.15) is 24.1 Å². The lowest BCUT2D eigenvalue weighted by Gasteiger charge is -2.20. The van der Waals surface area contributed by atoms with Crippen molar-refractivity contribution >= 4 is 27.5 Å². The first kappa shape index (κ1) is 16.4. The number of hydrogen-bond acceptors (Lipinski definition) is 1. The molecule has 0 radical (unpaired) electrons. The molecule has 0 spiro atoms. The second-order valence-corrected chi connectivity index (χ2v) is 5.98. The molecule has 5 heteroatoms. The molecule has 0 saturated heterocycles. The predicted octanol–water partition coefficient (Wildman–Crippen LogP) is 5.27. The van der Waals surface area contributed by atoms with Crippen LogP contribution in [0.4, 0.5) is 8.78 Å². The van der Waals surface area contributed by atoms with Crippen LogP contribution in [0.2, 0.25) is 5.02 Å². The minimum Gasteiger partial charge on any atom is -0.310 e. The SMILES string of the molecule is CCNC(Cc1ccc(Cl)cc1F)c1cccc(Br)c1F. The zero-order valence-electron chi connectivity index (χ0n) is 11.5. The first-order valence-electron chi connectivity index (χ1n) is 6.64. The highest BCUT2D eigenvalue weighted by atomic mass is 79.9. The molecule has 112 valence electrons. The van der Waals surface area contributed by atoms with Gasteiger partial charge < -0.3 is 5.32 Å². The van der Waals surface area contributed by atoms with Crippen LogP contribution >= 0.6 is 27.5 Å². The van der Waals surface area contributed by atoms with E-state index in [2.05, 4.69) is 21.2 Å². The van der Waals surface area contributed by atoms with Gasteiger partial charge in [-0.1, -0.05) is 36.7 Å². The molecule has 1 unspecified atom stereocenters. The highest BCUT2D eigenvalue weighted by molar-refractivity contribution is 9.10. The summed E-state index contributed by atoms with van der Waals surface area (Å²) in [6, 6.07) is 9.37. The Hall–Kier alpha value is -0.970. The van der Waals surface area contributed by atoms with Crippen molar-refractivity contribution in [3.05, 3.63) is 68.7 Å². The number of rotatable bonds is 5. The lowest BCUT2D eigenvalue weighted by Crippen LogP contribution is -2.24. The lowest BCUT2D eigenvalue weighted by molar-refractivity contribution is 0.496. The molecule has 0 amide bonds. The molecule has 0 bridgehead atoms. The average Bonchev–Trinajstić information content (AvgIpc) is 2.44. The van der Waals surface area contributed by atoms with Gasteiger partial charge >= 0.3 is 0 Å². The lowest BCUT2D eigenvalue weighted by atomic mass is 9.98. The summed E-state index contributed by atoms with van der Waals surface area (Å²) in [5.41, 5.74) is 1.02. The molecule has 1 N–H and O–H groups in total. The molecule has 21 heavy (non-hydrogen) atoms. The van der Waals surface area contributed by atoms with Gasteiger partial charge in [-0.3, -0.25) is 0 Å². The number of hydrogen-bond donors (Lipinski definition) is 1. The van der Waals surface area contributed by atoms with Crippen LogP contribution in [0.5, 0.6) is 0 Å². The van der Waals surface area contributed by atoms with E-state index in [1.807, 2.05) is 6.92 Å². The number of benzene rings is 2. The normalized spacial score (nSPS) is 12.4. The third-order valence-electron chi connectivity index (χ3n) is 3.25. The molecule has 0 aliphatic heterocycles. The Morgan fingerprint density at radius 3 is 2.67 bits per heavy atom. The fourth-order valence-corrected chi connectivity index (χ4v) is 2.78. The topological polar surface area (TPSA) is 12.0 Å². The summed E-state index contributed by atoms with van der Waals surface area (Å²) < 4.78 is 28.6. The summed E-state index contributed by atoms with van der Waals surface area (Å²) in [6.45, 7) is 2.59. The van der Waals surface area contributed by atoms with Crippen LogP contribution in [0.25, 0.3) is 0 Å². The van der Waals surface area contributed by atoms with E-state index in [1.54, 1.807) is 30.3 Å². The fourth-order valence-electron chi connectivity index (χ4n) is 2.24. The Kier molecular flexibility index (Phi) is 5.73. The first-order valence-corrected chi connectivity index (χ1v) is 7.81. The molecule has 0 aliphatic carbocycles. The van der Waals surface area contributed by atoms with Gasteiger partial charge in [0, 0.05) is 16.6 Å². The maximum absolute atomic E-state index is 14.2. The highest BCUT2D eigenvalue weighted by Gasteiger charge is 2.18. The zero-order valence-corrected chi connectivity index (χ0v) is 13.8. The maximum atomic E-state index is 14.2. The van der Waals surface area contributed by atoms with Crippen LogP contribution in [-0.2, 0) is 6.42 Å². The van der Waals surface area contributed by atoms with Crippen molar-refractivity contribution in [2.45, 2.75) is 19.4 Å². The second-order valence-electron chi connectivity index (χ2n) is 4.69. The highest BCUT2D eigenvalue weighted by Crippen LogP contribution is 2.27. The van der Waals surface area contributed by atoms with Crippen molar-refractivity contribution < 1.29 is 8.78 Å². The fraction of sp³-hybridized carbons (Fsp3) is 0.250. The van der Waals surface area contributed by atoms with Crippen LogP contribution in [0, 0.1) is 11.6 Å². The van der Waals surface area contributed by atoms with Crippen LogP contribution in [0.3, 0.4) is 0 Å². The Balaban J connectivity index is 2.33. The van der Waals surface area contributed by atoms with Gasteiger partial charge in [0.2, 0.25) is 0 Å². The van der Waals surface area contributed by atoms with Crippen LogP contribution in [0.15, 0.2) is 40.9 Å². The second kappa shape index (κ2) is 7.34. The number of halogens is 4. The van der Waals surface area contributed by atoms with E-state index in [0.717, 1.165) is 0 Å². The predicted molar refractivity (Wildman–Crippen MR) is 85.6 cm³/mol. The van der Waals surface area contributed by atoms with Crippen LogP contribution < -0.4 is 5.32 Å². The van der Waals surface area contributed by atoms with Crippen molar-refractivity contribution in [3.8, 4) is 0 Å². The van der Waals surface area contributed by atoms with Gasteiger partial charge in [0.25, 0.3) is 0 Å². The van der Waals surface area contributed by atoms with Gasteiger partial charge in [-0.2, -0.15) is 0 Å². The quantitative estimate of drug-likeness (QED) is 0.751. The van der Waals surface area contributed by atoms with Crippen molar-refractivity contribution in [1.29, 1.82) is 0 Å². The molecule has 0 aromatic heterocycles. The molecule has 2 aromatic carbocycles. The summed E-state index contributed by atoms with van der Waals surface area (Å²) in [5.74, 6) is -0.696. The van der Waals surface area contributed by atoms with Gasteiger partial charge in [0.05, 0.1) is 4.47 Å². The van der Waals surface area contributed by atoms with Gasteiger partial charge in [-0.25, -0.2) is 8.78 Å². The van der Waals surface area contributed by atoms with Gasteiger partial charge in [0.15, 0.2) is 0 Å². The minimum atomic E-state index is -0.374. The summed E-state index contributed by atoms with van der Waals surface area (Å²) in [4.78, 5) is 0. The number of likely N-dealkylation sites (N-methyl/N-ethyl adjacent to an activating group) is 1. The minimum absolute atomic E-state index is 0.303. The van der Waals surface area contributed by atoms with Crippen molar-refractivity contribution in [2.75, 3.05) is 6.54 Å². The Labute approximate surface area is 136 Å². The zero-order chi connectivity index (χ0) is 15.4. The summed E-state index contributed by atoms with van der Waals surface area (Å²) in [6.07, 6.45) is 0.351. The summed E-state index contributed by atoms with van der Waals surface area (Å²) in [7, 11) is 0. The van der Waals surface area contributed by atoms with Crippen molar-refractivity contribution in [3.63, 3.8) is 0 Å². The molecule has 0 saturated carbocycles. The molecule has 1 nitrogen and oxygen atoms in total.